The standard InChI is InChI=1S/C12H13N3O2/c1-15-8-9(7-13-15)11(12(16)17)14-10-5-3-2-4-6-10/h2-8,11,14H,1H3,(H,16,17). The molecule has 0 aliphatic heterocycles. The molecule has 0 aliphatic rings. The van der Waals surface area contributed by atoms with Crippen molar-refractivity contribution < 1.29 is 9.90 Å². The van der Waals surface area contributed by atoms with E-state index in [1.54, 1.807) is 24.1 Å². The maximum Gasteiger partial charge on any atom is 0.330 e. The quantitative estimate of drug-likeness (QED) is 0.839. The second-order valence-electron chi connectivity index (χ2n) is 3.73. The van der Waals surface area contributed by atoms with Crippen molar-refractivity contribution in [1.29, 1.82) is 0 Å². The predicted octanol–water partition coefficient (Wildman–Crippen LogP) is 1.66. The Balaban J connectivity index is 2.22. The predicted molar refractivity (Wildman–Crippen MR) is 63.6 cm³/mol. The lowest BCUT2D eigenvalue weighted by Gasteiger charge is -2.13. The van der Waals surface area contributed by atoms with Gasteiger partial charge in [0.2, 0.25) is 0 Å². The lowest BCUT2D eigenvalue weighted by Crippen LogP contribution is -2.19. The molecule has 0 fully saturated rings. The van der Waals surface area contributed by atoms with E-state index in [1.807, 2.05) is 30.3 Å². The van der Waals surface area contributed by atoms with Crippen molar-refractivity contribution in [1.82, 2.24) is 9.78 Å². The molecule has 1 atom stereocenters. The Kier molecular flexibility index (Phi) is 3.09. The molecule has 1 unspecified atom stereocenters. The molecule has 1 aromatic heterocycles. The summed E-state index contributed by atoms with van der Waals surface area (Å²) >= 11 is 0. The van der Waals surface area contributed by atoms with Crippen molar-refractivity contribution in [3.63, 3.8) is 0 Å². The Morgan fingerprint density at radius 1 is 1.41 bits per heavy atom. The first-order valence-electron chi connectivity index (χ1n) is 5.20. The molecule has 17 heavy (non-hydrogen) atoms. The zero-order chi connectivity index (χ0) is 12.3. The van der Waals surface area contributed by atoms with Gasteiger partial charge in [-0.05, 0) is 12.1 Å². The number of para-hydroxylation sites is 1. The number of aryl methyl sites for hydroxylation is 1. The van der Waals surface area contributed by atoms with Gasteiger partial charge in [-0.15, -0.1) is 0 Å². The topological polar surface area (TPSA) is 67.2 Å². The van der Waals surface area contributed by atoms with Gasteiger partial charge in [0.25, 0.3) is 0 Å². The Morgan fingerprint density at radius 2 is 2.12 bits per heavy atom. The average Bonchev–Trinajstić information content (AvgIpc) is 2.73. The summed E-state index contributed by atoms with van der Waals surface area (Å²) in [5, 5.41) is 16.1. The van der Waals surface area contributed by atoms with Crippen molar-refractivity contribution >= 4 is 11.7 Å². The summed E-state index contributed by atoms with van der Waals surface area (Å²) in [5.41, 5.74) is 1.40. The average molecular weight is 231 g/mol. The fourth-order valence-electron chi connectivity index (χ4n) is 1.58. The van der Waals surface area contributed by atoms with Crippen molar-refractivity contribution in [3.8, 4) is 0 Å². The minimum absolute atomic E-state index is 0.629. The van der Waals surface area contributed by atoms with Crippen LogP contribution in [0, 0.1) is 0 Å². The molecule has 0 saturated carbocycles. The van der Waals surface area contributed by atoms with Crippen LogP contribution in [-0.2, 0) is 11.8 Å². The second-order valence-corrected chi connectivity index (χ2v) is 3.73. The lowest BCUT2D eigenvalue weighted by molar-refractivity contribution is -0.138. The van der Waals surface area contributed by atoms with Crippen LogP contribution < -0.4 is 5.32 Å². The smallest absolute Gasteiger partial charge is 0.330 e. The minimum atomic E-state index is -0.929. The number of nitrogens with zero attached hydrogens (tertiary/aromatic N) is 2. The molecule has 2 aromatic rings. The van der Waals surface area contributed by atoms with E-state index in [4.69, 9.17) is 0 Å². The van der Waals surface area contributed by atoms with Crippen LogP contribution in [0.5, 0.6) is 0 Å². The van der Waals surface area contributed by atoms with Gasteiger partial charge in [0.05, 0.1) is 6.20 Å². The molecule has 88 valence electrons. The van der Waals surface area contributed by atoms with Crippen LogP contribution in [0.3, 0.4) is 0 Å². The van der Waals surface area contributed by atoms with Crippen molar-refractivity contribution in [2.24, 2.45) is 7.05 Å². The van der Waals surface area contributed by atoms with E-state index in [-0.39, 0.29) is 0 Å². The second kappa shape index (κ2) is 4.69. The largest absolute Gasteiger partial charge is 0.479 e. The van der Waals surface area contributed by atoms with Gasteiger partial charge in [-0.2, -0.15) is 5.10 Å². The van der Waals surface area contributed by atoms with Crippen LogP contribution in [0.25, 0.3) is 0 Å². The number of carboxylic acids is 1. The van der Waals surface area contributed by atoms with E-state index >= 15 is 0 Å². The monoisotopic (exact) mass is 231 g/mol. The van der Waals surface area contributed by atoms with E-state index in [9.17, 15) is 9.90 Å². The van der Waals surface area contributed by atoms with Crippen molar-refractivity contribution in [2.45, 2.75) is 6.04 Å². The number of nitrogens with one attached hydrogen (secondary N) is 1. The molecular formula is C12H13N3O2. The number of hydrogen-bond donors (Lipinski definition) is 2. The number of aromatic nitrogens is 2. The Morgan fingerprint density at radius 3 is 2.65 bits per heavy atom. The van der Waals surface area contributed by atoms with Gasteiger partial charge < -0.3 is 10.4 Å². The zero-order valence-corrected chi connectivity index (χ0v) is 9.37. The molecule has 2 rings (SSSR count). The summed E-state index contributed by atoms with van der Waals surface area (Å²) < 4.78 is 1.58. The Hall–Kier alpha value is -2.30. The molecule has 0 aliphatic carbocycles. The molecule has 0 radical (unpaired) electrons. The van der Waals surface area contributed by atoms with Crippen molar-refractivity contribution in [3.05, 3.63) is 48.3 Å². The van der Waals surface area contributed by atoms with Crippen LogP contribution in [0.2, 0.25) is 0 Å². The summed E-state index contributed by atoms with van der Waals surface area (Å²) in [6.45, 7) is 0. The van der Waals surface area contributed by atoms with Crippen LogP contribution in [0.4, 0.5) is 5.69 Å². The molecule has 0 saturated heterocycles. The van der Waals surface area contributed by atoms with Gasteiger partial charge in [0.15, 0.2) is 6.04 Å². The van der Waals surface area contributed by atoms with Gasteiger partial charge in [-0.3, -0.25) is 4.68 Å². The Labute approximate surface area is 98.7 Å². The number of hydrogen-bond acceptors (Lipinski definition) is 3. The summed E-state index contributed by atoms with van der Waals surface area (Å²) in [6, 6.07) is 8.45. The van der Waals surface area contributed by atoms with E-state index in [1.165, 1.54) is 0 Å². The van der Waals surface area contributed by atoms with E-state index in [0.717, 1.165) is 5.69 Å². The number of carbonyl (C=O) groups is 1. The number of aliphatic carboxylic acids is 1. The lowest BCUT2D eigenvalue weighted by atomic mass is 10.1. The molecular weight excluding hydrogens is 218 g/mol. The van der Waals surface area contributed by atoms with Gasteiger partial charge in [-0.1, -0.05) is 18.2 Å². The number of anilines is 1. The maximum absolute atomic E-state index is 11.2. The molecule has 0 spiro atoms. The molecule has 2 N–H and O–H groups in total. The third-order valence-corrected chi connectivity index (χ3v) is 2.39. The summed E-state index contributed by atoms with van der Waals surface area (Å²) in [6.07, 6.45) is 3.24. The Bertz CT molecular complexity index is 507. The van der Waals surface area contributed by atoms with Crippen LogP contribution in [-0.4, -0.2) is 20.9 Å². The molecule has 5 nitrogen and oxygen atoms in total. The van der Waals surface area contributed by atoms with Gasteiger partial charge in [-0.25, -0.2) is 4.79 Å². The third kappa shape index (κ3) is 2.63. The highest BCUT2D eigenvalue weighted by Gasteiger charge is 2.20. The highest BCUT2D eigenvalue weighted by atomic mass is 16.4. The van der Waals surface area contributed by atoms with Crippen LogP contribution in [0.15, 0.2) is 42.7 Å². The summed E-state index contributed by atoms with van der Waals surface area (Å²) in [7, 11) is 1.75. The van der Waals surface area contributed by atoms with Crippen LogP contribution >= 0.6 is 0 Å². The highest BCUT2D eigenvalue weighted by Crippen LogP contribution is 2.18. The maximum atomic E-state index is 11.2. The molecule has 0 amide bonds. The SMILES string of the molecule is Cn1cc(C(Nc2ccccc2)C(=O)O)cn1. The summed E-state index contributed by atoms with van der Waals surface area (Å²) in [5.74, 6) is -0.929. The molecule has 5 heteroatoms. The minimum Gasteiger partial charge on any atom is -0.479 e. The zero-order valence-electron chi connectivity index (χ0n) is 9.37. The summed E-state index contributed by atoms with van der Waals surface area (Å²) in [4.78, 5) is 11.2. The number of benzene rings is 1. The third-order valence-electron chi connectivity index (χ3n) is 2.39. The fourth-order valence-corrected chi connectivity index (χ4v) is 1.58. The number of rotatable bonds is 4. The van der Waals surface area contributed by atoms with E-state index in [2.05, 4.69) is 10.4 Å². The van der Waals surface area contributed by atoms with E-state index in [0.29, 0.717) is 5.56 Å². The highest BCUT2D eigenvalue weighted by molar-refractivity contribution is 5.79. The first-order chi connectivity index (χ1) is 8.16. The van der Waals surface area contributed by atoms with Gasteiger partial charge in [0, 0.05) is 24.5 Å². The number of carboxylic acid groups (broad SMARTS) is 1. The van der Waals surface area contributed by atoms with Crippen molar-refractivity contribution in [2.75, 3.05) is 5.32 Å². The van der Waals surface area contributed by atoms with Gasteiger partial charge >= 0.3 is 5.97 Å². The van der Waals surface area contributed by atoms with Crippen LogP contribution in [0.1, 0.15) is 11.6 Å². The first kappa shape index (κ1) is 11.2. The normalized spacial score (nSPS) is 12.1. The molecule has 1 aromatic carbocycles. The fraction of sp³-hybridized carbons (Fsp3) is 0.167. The molecule has 1 heterocycles. The first-order valence-corrected chi connectivity index (χ1v) is 5.20. The molecule has 0 bridgehead atoms. The van der Waals surface area contributed by atoms with Gasteiger partial charge in [0.1, 0.15) is 0 Å². The van der Waals surface area contributed by atoms with E-state index < -0.39 is 12.0 Å².